The van der Waals surface area contributed by atoms with E-state index in [-0.39, 0.29) is 6.04 Å². The number of benzene rings is 1. The van der Waals surface area contributed by atoms with Crippen LogP contribution in [0.3, 0.4) is 0 Å². The Balaban J connectivity index is 1.67. The monoisotopic (exact) mass is 268 g/mol. The van der Waals surface area contributed by atoms with Crippen molar-refractivity contribution in [2.24, 2.45) is 5.73 Å². The van der Waals surface area contributed by atoms with Gasteiger partial charge in [0.2, 0.25) is 0 Å². The molecule has 0 amide bonds. The van der Waals surface area contributed by atoms with Crippen LogP contribution in [-0.2, 0) is 13.0 Å². The van der Waals surface area contributed by atoms with Gasteiger partial charge in [-0.25, -0.2) is 4.98 Å². The summed E-state index contributed by atoms with van der Waals surface area (Å²) < 4.78 is 1.78. The van der Waals surface area contributed by atoms with Crippen molar-refractivity contribution in [1.29, 1.82) is 0 Å². The Labute approximate surface area is 116 Å². The van der Waals surface area contributed by atoms with Crippen molar-refractivity contribution in [3.8, 4) is 0 Å². The molecule has 3 aromatic rings. The molecule has 0 aliphatic rings. The largest absolute Gasteiger partial charge is 0.321 e. The second-order valence-corrected chi connectivity index (χ2v) is 4.64. The van der Waals surface area contributed by atoms with Gasteiger partial charge in [-0.1, -0.05) is 30.3 Å². The van der Waals surface area contributed by atoms with Gasteiger partial charge < -0.3 is 5.73 Å². The molecule has 102 valence electrons. The summed E-state index contributed by atoms with van der Waals surface area (Å²) in [5.74, 6) is 1.39. The summed E-state index contributed by atoms with van der Waals surface area (Å²) in [5.41, 5.74) is 7.33. The highest BCUT2D eigenvalue weighted by molar-refractivity contribution is 5.17. The summed E-state index contributed by atoms with van der Waals surface area (Å²) in [4.78, 5) is 4.43. The third kappa shape index (κ3) is 2.92. The Kier molecular flexibility index (Phi) is 3.56. The van der Waals surface area contributed by atoms with E-state index in [9.17, 15) is 0 Å². The van der Waals surface area contributed by atoms with Crippen molar-refractivity contribution >= 4 is 0 Å². The van der Waals surface area contributed by atoms with Crippen molar-refractivity contribution < 1.29 is 0 Å². The molecule has 0 unspecified atom stereocenters. The fourth-order valence-corrected chi connectivity index (χ4v) is 2.05. The smallest absolute Gasteiger partial charge is 0.167 e. The molecule has 2 heterocycles. The molecule has 20 heavy (non-hydrogen) atoms. The van der Waals surface area contributed by atoms with Crippen molar-refractivity contribution in [2.75, 3.05) is 0 Å². The maximum absolute atomic E-state index is 6.15. The number of nitrogens with one attached hydrogen (secondary N) is 1. The number of nitrogens with zero attached hydrogens (tertiary/aromatic N) is 4. The maximum atomic E-state index is 6.15. The lowest BCUT2D eigenvalue weighted by Crippen LogP contribution is -2.15. The molecule has 0 radical (unpaired) electrons. The van der Waals surface area contributed by atoms with Crippen LogP contribution in [-0.4, -0.2) is 25.0 Å². The van der Waals surface area contributed by atoms with E-state index < -0.39 is 0 Å². The Bertz CT molecular complexity index is 643. The highest BCUT2D eigenvalue weighted by atomic mass is 15.3. The Morgan fingerprint density at radius 3 is 2.80 bits per heavy atom. The molecule has 6 nitrogen and oxygen atoms in total. The van der Waals surface area contributed by atoms with Gasteiger partial charge in [0.1, 0.15) is 12.4 Å². The normalized spacial score (nSPS) is 12.4. The van der Waals surface area contributed by atoms with Crippen LogP contribution in [0.15, 0.2) is 48.8 Å². The topological polar surface area (TPSA) is 85.4 Å². The van der Waals surface area contributed by atoms with E-state index in [0.29, 0.717) is 12.4 Å². The van der Waals surface area contributed by atoms with E-state index in [1.165, 1.54) is 5.56 Å². The molecule has 2 aromatic heterocycles. The second kappa shape index (κ2) is 5.66. The molecule has 0 spiro atoms. The van der Waals surface area contributed by atoms with Gasteiger partial charge in [-0.05, 0) is 18.1 Å². The number of aromatic nitrogens is 5. The predicted octanol–water partition coefficient (Wildman–Crippen LogP) is 1.29. The third-order valence-corrected chi connectivity index (χ3v) is 3.05. The summed E-state index contributed by atoms with van der Waals surface area (Å²) in [6, 6.07) is 11.8. The van der Waals surface area contributed by atoms with Crippen molar-refractivity contribution in [3.63, 3.8) is 0 Å². The van der Waals surface area contributed by atoms with Crippen LogP contribution < -0.4 is 5.73 Å². The quantitative estimate of drug-likeness (QED) is 0.730. The van der Waals surface area contributed by atoms with Crippen LogP contribution in [0.2, 0.25) is 0 Å². The van der Waals surface area contributed by atoms with Crippen molar-refractivity contribution in [1.82, 2.24) is 25.0 Å². The van der Waals surface area contributed by atoms with Crippen LogP contribution in [0.5, 0.6) is 0 Å². The standard InChI is InChI=1S/C14H16N6/c15-12(9-11-5-2-1-3-6-11)14-17-13(18-19-14)10-20-8-4-7-16-20/h1-8,12H,9-10,15H2,(H,17,18,19)/t12-/m1/s1. The highest BCUT2D eigenvalue weighted by Crippen LogP contribution is 2.12. The predicted molar refractivity (Wildman–Crippen MR) is 74.8 cm³/mol. The van der Waals surface area contributed by atoms with Crippen LogP contribution >= 0.6 is 0 Å². The van der Waals surface area contributed by atoms with Crippen LogP contribution in [0.4, 0.5) is 0 Å². The fourth-order valence-electron chi connectivity index (χ4n) is 2.05. The van der Waals surface area contributed by atoms with E-state index >= 15 is 0 Å². The highest BCUT2D eigenvalue weighted by Gasteiger charge is 2.13. The third-order valence-electron chi connectivity index (χ3n) is 3.05. The lowest BCUT2D eigenvalue weighted by molar-refractivity contribution is 0.651. The van der Waals surface area contributed by atoms with Gasteiger partial charge in [0, 0.05) is 12.4 Å². The Morgan fingerprint density at radius 2 is 2.05 bits per heavy atom. The summed E-state index contributed by atoms with van der Waals surface area (Å²) in [6.45, 7) is 0.568. The Morgan fingerprint density at radius 1 is 1.20 bits per heavy atom. The Hall–Kier alpha value is -2.47. The molecular formula is C14H16N6. The summed E-state index contributed by atoms with van der Waals surface area (Å²) in [5, 5.41) is 11.2. The maximum Gasteiger partial charge on any atom is 0.167 e. The summed E-state index contributed by atoms with van der Waals surface area (Å²) >= 11 is 0. The number of rotatable bonds is 5. The van der Waals surface area contributed by atoms with E-state index in [4.69, 9.17) is 5.73 Å². The molecule has 0 fully saturated rings. The molecule has 0 saturated heterocycles. The zero-order valence-corrected chi connectivity index (χ0v) is 11.0. The first-order valence-corrected chi connectivity index (χ1v) is 6.49. The minimum atomic E-state index is -0.208. The van der Waals surface area contributed by atoms with Gasteiger partial charge in [0.25, 0.3) is 0 Å². The van der Waals surface area contributed by atoms with E-state index in [0.717, 1.165) is 12.2 Å². The molecule has 3 N–H and O–H groups in total. The number of H-pyrrole nitrogens is 1. The number of nitrogens with two attached hydrogens (primary N) is 1. The number of aromatic amines is 1. The van der Waals surface area contributed by atoms with Gasteiger partial charge in [0.05, 0.1) is 6.04 Å². The summed E-state index contributed by atoms with van der Waals surface area (Å²) in [7, 11) is 0. The van der Waals surface area contributed by atoms with Gasteiger partial charge in [0.15, 0.2) is 5.82 Å². The molecule has 0 aliphatic carbocycles. The van der Waals surface area contributed by atoms with Crippen LogP contribution in [0, 0.1) is 0 Å². The number of hydrogen-bond donors (Lipinski definition) is 2. The van der Waals surface area contributed by atoms with Crippen molar-refractivity contribution in [3.05, 3.63) is 66.0 Å². The fraction of sp³-hybridized carbons (Fsp3) is 0.214. The molecule has 3 rings (SSSR count). The average Bonchev–Trinajstić information content (AvgIpc) is 3.12. The molecule has 6 heteroatoms. The first-order valence-electron chi connectivity index (χ1n) is 6.49. The zero-order chi connectivity index (χ0) is 13.8. The molecule has 0 saturated carbocycles. The van der Waals surface area contributed by atoms with Gasteiger partial charge in [-0.3, -0.25) is 9.78 Å². The molecule has 1 aromatic carbocycles. The van der Waals surface area contributed by atoms with Gasteiger partial charge in [-0.2, -0.15) is 10.2 Å². The van der Waals surface area contributed by atoms with Gasteiger partial charge in [-0.15, -0.1) is 0 Å². The molecule has 1 atom stereocenters. The lowest BCUT2D eigenvalue weighted by Gasteiger charge is -2.07. The SMILES string of the molecule is N[C@H](Cc1ccccc1)c1n[nH]c(Cn2cccn2)n1. The van der Waals surface area contributed by atoms with Gasteiger partial charge >= 0.3 is 0 Å². The molecular weight excluding hydrogens is 252 g/mol. The zero-order valence-electron chi connectivity index (χ0n) is 11.0. The molecule has 0 aliphatic heterocycles. The van der Waals surface area contributed by atoms with Crippen LogP contribution in [0.1, 0.15) is 23.3 Å². The first-order chi connectivity index (χ1) is 9.81. The number of hydrogen-bond acceptors (Lipinski definition) is 4. The second-order valence-electron chi connectivity index (χ2n) is 4.64. The average molecular weight is 268 g/mol. The van der Waals surface area contributed by atoms with Crippen LogP contribution in [0.25, 0.3) is 0 Å². The minimum Gasteiger partial charge on any atom is -0.321 e. The van der Waals surface area contributed by atoms with E-state index in [2.05, 4.69) is 32.4 Å². The van der Waals surface area contributed by atoms with Crippen molar-refractivity contribution in [2.45, 2.75) is 19.0 Å². The minimum absolute atomic E-state index is 0.208. The lowest BCUT2D eigenvalue weighted by atomic mass is 10.1. The van der Waals surface area contributed by atoms with E-state index in [1.54, 1.807) is 10.9 Å². The summed E-state index contributed by atoms with van der Waals surface area (Å²) in [6.07, 6.45) is 4.34. The first kappa shape index (κ1) is 12.6. The van der Waals surface area contributed by atoms with E-state index in [1.807, 2.05) is 30.5 Å². The molecule has 0 bridgehead atoms.